The molecule has 0 saturated carbocycles. The second-order valence-electron chi connectivity index (χ2n) is 16.9. The van der Waals surface area contributed by atoms with Gasteiger partial charge in [0.2, 0.25) is 0 Å². The number of fused-ring (bicyclic) bond motifs is 6. The first-order chi connectivity index (χ1) is 26.8. The average Bonchev–Trinajstić information content (AvgIpc) is 3.62. The Morgan fingerprint density at radius 3 is 1.29 bits per heavy atom. The third-order valence-electron chi connectivity index (χ3n) is 13.1. The van der Waals surface area contributed by atoms with Crippen molar-refractivity contribution in [2.24, 2.45) is 0 Å². The van der Waals surface area contributed by atoms with Crippen molar-refractivity contribution in [3.05, 3.63) is 155 Å². The SMILES string of the molecule is CCCCCCCC1(CCCCCCC)c2ccccc2-c2ccc(-c3ccc4c(c3)C(C)(C)c3cc(-c5ccc(-c6ccc(Cl)cc6)cc5)ccc3-4)cc21. The Labute approximate surface area is 336 Å². The number of unbranched alkanes of at least 4 members (excludes halogenated alkanes) is 8. The molecule has 0 aromatic heterocycles. The Morgan fingerprint density at radius 2 is 0.764 bits per heavy atom. The van der Waals surface area contributed by atoms with E-state index in [1.165, 1.54) is 144 Å². The molecule has 0 amide bonds. The highest BCUT2D eigenvalue weighted by Crippen LogP contribution is 2.56. The molecule has 0 nitrogen and oxygen atoms in total. The first-order valence-electron chi connectivity index (χ1n) is 21.2. The lowest BCUT2D eigenvalue weighted by Gasteiger charge is -2.33. The smallest absolute Gasteiger partial charge is 0.0406 e. The number of hydrogen-bond acceptors (Lipinski definition) is 0. The maximum atomic E-state index is 6.15. The average molecular weight is 742 g/mol. The van der Waals surface area contributed by atoms with Crippen LogP contribution in [-0.4, -0.2) is 0 Å². The largest absolute Gasteiger partial charge is 0.0843 e. The number of benzene rings is 6. The zero-order chi connectivity index (χ0) is 38.0. The van der Waals surface area contributed by atoms with Crippen LogP contribution < -0.4 is 0 Å². The summed E-state index contributed by atoms with van der Waals surface area (Å²) in [4.78, 5) is 0. The van der Waals surface area contributed by atoms with E-state index in [0.717, 1.165) is 5.02 Å². The Kier molecular flexibility index (Phi) is 10.9. The van der Waals surface area contributed by atoms with E-state index >= 15 is 0 Å². The van der Waals surface area contributed by atoms with E-state index in [0.29, 0.717) is 0 Å². The van der Waals surface area contributed by atoms with Crippen molar-refractivity contribution in [2.45, 2.75) is 116 Å². The van der Waals surface area contributed by atoms with Crippen LogP contribution in [0.4, 0.5) is 0 Å². The lowest BCUT2D eigenvalue weighted by molar-refractivity contribution is 0.399. The summed E-state index contributed by atoms with van der Waals surface area (Å²) in [5, 5.41) is 0.765. The highest BCUT2D eigenvalue weighted by Gasteiger charge is 2.42. The van der Waals surface area contributed by atoms with E-state index in [4.69, 9.17) is 11.6 Å². The van der Waals surface area contributed by atoms with Crippen LogP contribution in [0.25, 0.3) is 55.6 Å². The van der Waals surface area contributed by atoms with Crippen molar-refractivity contribution in [3.63, 3.8) is 0 Å². The molecule has 2 aliphatic carbocycles. The molecule has 0 unspecified atom stereocenters. The standard InChI is InChI=1S/C54H57Cl/c1-5-7-9-11-15-33-54(34-16-12-10-8-6-2)49-18-14-13-17-45(49)48-32-27-43(37-52(48)54)42-26-31-47-46-30-25-41(35-50(46)53(3,4)51(47)36-42)40-21-19-38(20-22-40)39-23-28-44(55)29-24-39/h13-14,17-32,35-37H,5-12,15-16,33-34H2,1-4H3. The molecule has 0 radical (unpaired) electrons. The summed E-state index contributed by atoms with van der Waals surface area (Å²) in [5.41, 5.74) is 19.2. The molecule has 0 heterocycles. The van der Waals surface area contributed by atoms with Crippen LogP contribution in [-0.2, 0) is 10.8 Å². The van der Waals surface area contributed by atoms with E-state index in [1.54, 1.807) is 11.1 Å². The fourth-order valence-electron chi connectivity index (χ4n) is 9.95. The zero-order valence-electron chi connectivity index (χ0n) is 33.5. The second-order valence-corrected chi connectivity index (χ2v) is 17.4. The Balaban J connectivity index is 1.11. The van der Waals surface area contributed by atoms with Crippen LogP contribution in [0.5, 0.6) is 0 Å². The first kappa shape index (κ1) is 37.5. The lowest BCUT2D eigenvalue weighted by Crippen LogP contribution is -2.25. The molecule has 0 bridgehead atoms. The predicted molar refractivity (Wildman–Crippen MR) is 238 cm³/mol. The molecule has 0 N–H and O–H groups in total. The Hall–Kier alpha value is -4.39. The topological polar surface area (TPSA) is 0 Å². The third-order valence-corrected chi connectivity index (χ3v) is 13.3. The maximum absolute atomic E-state index is 6.15. The molecular formula is C54H57Cl. The minimum atomic E-state index is -0.104. The Morgan fingerprint density at radius 1 is 0.382 bits per heavy atom. The predicted octanol–water partition coefficient (Wildman–Crippen LogP) is 16.6. The van der Waals surface area contributed by atoms with Gasteiger partial charge in [0.1, 0.15) is 0 Å². The highest BCUT2D eigenvalue weighted by atomic mass is 35.5. The van der Waals surface area contributed by atoms with Crippen LogP contribution >= 0.6 is 11.6 Å². The van der Waals surface area contributed by atoms with E-state index in [2.05, 4.69) is 143 Å². The number of halogens is 1. The normalized spacial score (nSPS) is 14.3. The van der Waals surface area contributed by atoms with Crippen LogP contribution in [0, 0.1) is 0 Å². The van der Waals surface area contributed by atoms with Crippen molar-refractivity contribution >= 4 is 11.6 Å². The summed E-state index contributed by atoms with van der Waals surface area (Å²) >= 11 is 6.15. The van der Waals surface area contributed by atoms with Gasteiger partial charge in [-0.1, -0.05) is 201 Å². The fourth-order valence-corrected chi connectivity index (χ4v) is 10.1. The summed E-state index contributed by atoms with van der Waals surface area (Å²) in [5.74, 6) is 0. The van der Waals surface area contributed by atoms with Gasteiger partial charge in [0.25, 0.3) is 0 Å². The van der Waals surface area contributed by atoms with Gasteiger partial charge in [-0.05, 0) is 121 Å². The summed E-state index contributed by atoms with van der Waals surface area (Å²) in [7, 11) is 0. The van der Waals surface area contributed by atoms with Crippen LogP contribution in [0.2, 0.25) is 5.02 Å². The fraction of sp³-hybridized carbons (Fsp3) is 0.333. The molecule has 0 fully saturated rings. The van der Waals surface area contributed by atoms with Gasteiger partial charge in [-0.2, -0.15) is 0 Å². The van der Waals surface area contributed by atoms with Crippen LogP contribution in [0.15, 0.2) is 127 Å². The summed E-state index contributed by atoms with van der Waals surface area (Å²) in [6.45, 7) is 9.47. The first-order valence-corrected chi connectivity index (χ1v) is 21.6. The number of rotatable bonds is 15. The lowest BCUT2D eigenvalue weighted by atomic mass is 9.70. The molecule has 6 aromatic carbocycles. The maximum Gasteiger partial charge on any atom is 0.0406 e. The molecule has 0 spiro atoms. The molecule has 0 aliphatic heterocycles. The van der Waals surface area contributed by atoms with Crippen LogP contribution in [0.1, 0.15) is 127 Å². The quantitative estimate of drug-likeness (QED) is 0.0920. The van der Waals surface area contributed by atoms with Gasteiger partial charge in [0, 0.05) is 15.9 Å². The minimum Gasteiger partial charge on any atom is -0.0843 e. The summed E-state index contributed by atoms with van der Waals surface area (Å²) in [6, 6.07) is 48.3. The molecular weight excluding hydrogens is 684 g/mol. The molecule has 55 heavy (non-hydrogen) atoms. The molecule has 6 aromatic rings. The molecule has 8 rings (SSSR count). The minimum absolute atomic E-state index is 0.0933. The highest BCUT2D eigenvalue weighted by molar-refractivity contribution is 6.30. The van der Waals surface area contributed by atoms with Gasteiger partial charge in [-0.15, -0.1) is 0 Å². The van der Waals surface area contributed by atoms with E-state index in [-0.39, 0.29) is 10.8 Å². The van der Waals surface area contributed by atoms with Gasteiger partial charge in [0.05, 0.1) is 0 Å². The molecule has 280 valence electrons. The monoisotopic (exact) mass is 740 g/mol. The van der Waals surface area contributed by atoms with E-state index in [1.807, 2.05) is 12.1 Å². The molecule has 1 heteroatoms. The summed E-state index contributed by atoms with van der Waals surface area (Å²) in [6.07, 6.45) is 15.7. The Bertz CT molecular complexity index is 2260. The molecule has 0 saturated heterocycles. The van der Waals surface area contributed by atoms with Crippen molar-refractivity contribution in [1.29, 1.82) is 0 Å². The third kappa shape index (κ3) is 7.13. The van der Waals surface area contributed by atoms with Crippen LogP contribution in [0.3, 0.4) is 0 Å². The van der Waals surface area contributed by atoms with Gasteiger partial charge in [0.15, 0.2) is 0 Å². The van der Waals surface area contributed by atoms with Gasteiger partial charge in [-0.3, -0.25) is 0 Å². The zero-order valence-corrected chi connectivity index (χ0v) is 34.2. The van der Waals surface area contributed by atoms with Crippen molar-refractivity contribution < 1.29 is 0 Å². The van der Waals surface area contributed by atoms with Gasteiger partial charge < -0.3 is 0 Å². The summed E-state index contributed by atoms with van der Waals surface area (Å²) < 4.78 is 0. The number of hydrogen-bond donors (Lipinski definition) is 0. The van der Waals surface area contributed by atoms with E-state index < -0.39 is 0 Å². The second kappa shape index (κ2) is 16.0. The van der Waals surface area contributed by atoms with Crippen molar-refractivity contribution in [3.8, 4) is 55.6 Å². The molecule has 0 atom stereocenters. The molecule has 2 aliphatic rings. The van der Waals surface area contributed by atoms with Gasteiger partial charge in [-0.25, -0.2) is 0 Å². The van der Waals surface area contributed by atoms with Gasteiger partial charge >= 0.3 is 0 Å². The van der Waals surface area contributed by atoms with Crippen molar-refractivity contribution in [1.82, 2.24) is 0 Å². The van der Waals surface area contributed by atoms with E-state index in [9.17, 15) is 0 Å². The van der Waals surface area contributed by atoms with Crippen molar-refractivity contribution in [2.75, 3.05) is 0 Å².